The van der Waals surface area contributed by atoms with E-state index in [-0.39, 0.29) is 0 Å². The van der Waals surface area contributed by atoms with Crippen LogP contribution in [-0.2, 0) is 0 Å². The fraction of sp³-hybridized carbons (Fsp3) is 0.200. The van der Waals surface area contributed by atoms with Gasteiger partial charge >= 0.3 is 0 Å². The zero-order valence-electron chi connectivity index (χ0n) is 10.4. The van der Waals surface area contributed by atoms with Crippen LogP contribution >= 0.6 is 0 Å². The number of hydrogen-bond donors (Lipinski definition) is 1. The highest BCUT2D eigenvalue weighted by Gasteiger charge is 2.08. The summed E-state index contributed by atoms with van der Waals surface area (Å²) in [6.45, 7) is 4.18. The Balaban J connectivity index is 2.57. The van der Waals surface area contributed by atoms with E-state index in [0.29, 0.717) is 0 Å². The second kappa shape index (κ2) is 4.50. The highest BCUT2D eigenvalue weighted by atomic mass is 16.5. The van der Waals surface area contributed by atoms with E-state index in [1.165, 1.54) is 16.7 Å². The molecule has 0 spiro atoms. The first kappa shape index (κ1) is 11.5. The predicted octanol–water partition coefficient (Wildman–Crippen LogP) is 3.56. The molecule has 88 valence electrons. The second-order valence-electron chi connectivity index (χ2n) is 4.19. The average molecular weight is 227 g/mol. The maximum Gasteiger partial charge on any atom is 0.122 e. The predicted molar refractivity (Wildman–Crippen MR) is 72.3 cm³/mol. The first-order valence-corrected chi connectivity index (χ1v) is 5.63. The summed E-state index contributed by atoms with van der Waals surface area (Å²) in [5.74, 6) is 0.926. The van der Waals surface area contributed by atoms with Crippen LogP contribution in [0.15, 0.2) is 36.4 Å². The van der Waals surface area contributed by atoms with Gasteiger partial charge in [0.05, 0.1) is 7.11 Å². The summed E-state index contributed by atoms with van der Waals surface area (Å²) in [6, 6.07) is 12.0. The molecule has 0 aliphatic heterocycles. The van der Waals surface area contributed by atoms with Gasteiger partial charge in [0.1, 0.15) is 5.75 Å². The molecule has 2 N–H and O–H groups in total. The van der Waals surface area contributed by atoms with E-state index in [2.05, 4.69) is 26.0 Å². The van der Waals surface area contributed by atoms with Gasteiger partial charge in [-0.3, -0.25) is 0 Å². The van der Waals surface area contributed by atoms with E-state index < -0.39 is 0 Å². The monoisotopic (exact) mass is 227 g/mol. The van der Waals surface area contributed by atoms with Gasteiger partial charge in [0.15, 0.2) is 0 Å². The van der Waals surface area contributed by atoms with E-state index in [1.54, 1.807) is 7.11 Å². The van der Waals surface area contributed by atoms with E-state index >= 15 is 0 Å². The summed E-state index contributed by atoms with van der Waals surface area (Å²) in [5.41, 5.74) is 11.4. The van der Waals surface area contributed by atoms with Gasteiger partial charge < -0.3 is 10.5 Å². The molecule has 0 radical (unpaired) electrons. The van der Waals surface area contributed by atoms with E-state index in [0.717, 1.165) is 17.0 Å². The SMILES string of the molecule is COc1ccc(-c2cccc(N)c2)c(C)c1C. The smallest absolute Gasteiger partial charge is 0.122 e. The molecule has 0 saturated heterocycles. The van der Waals surface area contributed by atoms with Crippen LogP contribution in [0.5, 0.6) is 5.75 Å². The molecule has 2 heteroatoms. The van der Waals surface area contributed by atoms with Crippen molar-refractivity contribution in [3.63, 3.8) is 0 Å². The van der Waals surface area contributed by atoms with Crippen LogP contribution in [-0.4, -0.2) is 7.11 Å². The lowest BCUT2D eigenvalue weighted by atomic mass is 9.96. The van der Waals surface area contributed by atoms with Crippen molar-refractivity contribution in [2.45, 2.75) is 13.8 Å². The lowest BCUT2D eigenvalue weighted by Crippen LogP contribution is -1.93. The van der Waals surface area contributed by atoms with Gasteiger partial charge in [0.2, 0.25) is 0 Å². The highest BCUT2D eigenvalue weighted by Crippen LogP contribution is 2.31. The molecule has 2 rings (SSSR count). The Morgan fingerprint density at radius 3 is 2.41 bits per heavy atom. The Bertz CT molecular complexity index is 547. The normalized spacial score (nSPS) is 10.3. The Morgan fingerprint density at radius 1 is 1.00 bits per heavy atom. The van der Waals surface area contributed by atoms with Crippen molar-refractivity contribution in [2.24, 2.45) is 0 Å². The molecule has 0 fully saturated rings. The van der Waals surface area contributed by atoms with Crippen LogP contribution in [0.3, 0.4) is 0 Å². The molecule has 0 heterocycles. The maximum atomic E-state index is 5.82. The zero-order valence-corrected chi connectivity index (χ0v) is 10.4. The number of rotatable bonds is 2. The van der Waals surface area contributed by atoms with Crippen molar-refractivity contribution in [2.75, 3.05) is 12.8 Å². The molecule has 2 nitrogen and oxygen atoms in total. The fourth-order valence-electron chi connectivity index (χ4n) is 2.04. The molecule has 17 heavy (non-hydrogen) atoms. The van der Waals surface area contributed by atoms with Gasteiger partial charge in [-0.05, 0) is 54.3 Å². The van der Waals surface area contributed by atoms with Gasteiger partial charge in [-0.25, -0.2) is 0 Å². The van der Waals surface area contributed by atoms with Crippen molar-refractivity contribution >= 4 is 5.69 Å². The zero-order chi connectivity index (χ0) is 12.4. The molecule has 2 aromatic rings. The molecular formula is C15H17NO. The van der Waals surface area contributed by atoms with Gasteiger partial charge in [-0.15, -0.1) is 0 Å². The summed E-state index contributed by atoms with van der Waals surface area (Å²) in [7, 11) is 1.70. The van der Waals surface area contributed by atoms with E-state index in [1.807, 2.05) is 24.3 Å². The summed E-state index contributed by atoms with van der Waals surface area (Å²) >= 11 is 0. The Kier molecular flexibility index (Phi) is 3.05. The molecule has 0 aromatic heterocycles. The lowest BCUT2D eigenvalue weighted by Gasteiger charge is -2.13. The fourth-order valence-corrected chi connectivity index (χ4v) is 2.04. The summed E-state index contributed by atoms with van der Waals surface area (Å²) in [4.78, 5) is 0. The molecule has 0 aliphatic carbocycles. The van der Waals surface area contributed by atoms with Crippen molar-refractivity contribution in [3.8, 4) is 16.9 Å². The third kappa shape index (κ3) is 2.11. The van der Waals surface area contributed by atoms with Gasteiger partial charge in [-0.2, -0.15) is 0 Å². The van der Waals surface area contributed by atoms with Gasteiger partial charge in [0.25, 0.3) is 0 Å². The van der Waals surface area contributed by atoms with Crippen LogP contribution in [0.1, 0.15) is 11.1 Å². The maximum absolute atomic E-state index is 5.82. The Labute approximate surface area is 102 Å². The molecule has 0 unspecified atom stereocenters. The van der Waals surface area contributed by atoms with Crippen molar-refractivity contribution in [3.05, 3.63) is 47.5 Å². The molecule has 0 amide bonds. The minimum absolute atomic E-state index is 0.787. The van der Waals surface area contributed by atoms with Crippen LogP contribution in [0.4, 0.5) is 5.69 Å². The third-order valence-corrected chi connectivity index (χ3v) is 3.16. The van der Waals surface area contributed by atoms with Crippen molar-refractivity contribution in [1.29, 1.82) is 0 Å². The van der Waals surface area contributed by atoms with Crippen molar-refractivity contribution in [1.82, 2.24) is 0 Å². The van der Waals surface area contributed by atoms with E-state index in [9.17, 15) is 0 Å². The molecule has 2 aromatic carbocycles. The average Bonchev–Trinajstić information content (AvgIpc) is 2.32. The molecule has 0 aliphatic rings. The Hall–Kier alpha value is -1.96. The number of benzene rings is 2. The van der Waals surface area contributed by atoms with Crippen LogP contribution in [0.2, 0.25) is 0 Å². The number of methoxy groups -OCH3 is 1. The highest BCUT2D eigenvalue weighted by molar-refractivity contribution is 5.72. The topological polar surface area (TPSA) is 35.2 Å². The summed E-state index contributed by atoms with van der Waals surface area (Å²) in [6.07, 6.45) is 0. The third-order valence-electron chi connectivity index (χ3n) is 3.16. The number of hydrogen-bond acceptors (Lipinski definition) is 2. The number of nitrogens with two attached hydrogens (primary N) is 1. The van der Waals surface area contributed by atoms with Crippen molar-refractivity contribution < 1.29 is 4.74 Å². The van der Waals surface area contributed by atoms with E-state index in [4.69, 9.17) is 10.5 Å². The summed E-state index contributed by atoms with van der Waals surface area (Å²) in [5, 5.41) is 0. The van der Waals surface area contributed by atoms with Crippen LogP contribution in [0.25, 0.3) is 11.1 Å². The minimum Gasteiger partial charge on any atom is -0.496 e. The molecule has 0 atom stereocenters. The molecule has 0 saturated carbocycles. The minimum atomic E-state index is 0.787. The molecular weight excluding hydrogens is 210 g/mol. The quantitative estimate of drug-likeness (QED) is 0.796. The number of ether oxygens (including phenoxy) is 1. The Morgan fingerprint density at radius 2 is 1.76 bits per heavy atom. The largest absolute Gasteiger partial charge is 0.496 e. The first-order valence-electron chi connectivity index (χ1n) is 5.63. The summed E-state index contributed by atoms with van der Waals surface area (Å²) < 4.78 is 5.32. The van der Waals surface area contributed by atoms with Gasteiger partial charge in [-0.1, -0.05) is 18.2 Å². The number of anilines is 1. The first-order chi connectivity index (χ1) is 8.13. The standard InChI is InChI=1S/C15H17NO/c1-10-11(2)15(17-3)8-7-14(10)12-5-4-6-13(16)9-12/h4-9H,16H2,1-3H3. The second-order valence-corrected chi connectivity index (χ2v) is 4.19. The number of nitrogen functional groups attached to an aromatic ring is 1. The van der Waals surface area contributed by atoms with Crippen LogP contribution < -0.4 is 10.5 Å². The molecule has 0 bridgehead atoms. The van der Waals surface area contributed by atoms with Crippen LogP contribution in [0, 0.1) is 13.8 Å². The van der Waals surface area contributed by atoms with Gasteiger partial charge in [0, 0.05) is 5.69 Å². The lowest BCUT2D eigenvalue weighted by molar-refractivity contribution is 0.411.